The quantitative estimate of drug-likeness (QED) is 0.746. The molecule has 1 heterocycles. The summed E-state index contributed by atoms with van der Waals surface area (Å²) in [5, 5.41) is 17.1. The second-order valence-electron chi connectivity index (χ2n) is 4.31. The molecule has 0 aliphatic heterocycles. The highest BCUT2D eigenvalue weighted by atomic mass is 16.5. The summed E-state index contributed by atoms with van der Waals surface area (Å²) in [5.41, 5.74) is 1.04. The number of phenols is 1. The zero-order valence-electron chi connectivity index (χ0n) is 11.0. The molecule has 5 heteroatoms. The smallest absolute Gasteiger partial charge is 0.160 e. The Morgan fingerprint density at radius 3 is 3.00 bits per heavy atom. The molecule has 0 aliphatic carbocycles. The molecule has 2 rings (SSSR count). The van der Waals surface area contributed by atoms with Crippen LogP contribution in [0.1, 0.15) is 12.0 Å². The standard InChI is InChI=1S/C14H19N3O2/c1-19-14-5-4-12(10-13(14)18)11-15-6-2-8-17-9-3-7-16-17/h3-5,7,9-10,15,18H,2,6,8,11H2,1H3. The van der Waals surface area contributed by atoms with Crippen LogP contribution in [0.2, 0.25) is 0 Å². The van der Waals surface area contributed by atoms with Crippen LogP contribution in [0.4, 0.5) is 0 Å². The van der Waals surface area contributed by atoms with Crippen molar-refractivity contribution in [1.82, 2.24) is 15.1 Å². The van der Waals surface area contributed by atoms with Crippen molar-refractivity contribution in [2.45, 2.75) is 19.5 Å². The van der Waals surface area contributed by atoms with E-state index in [1.807, 2.05) is 23.0 Å². The van der Waals surface area contributed by atoms with E-state index in [1.54, 1.807) is 25.4 Å². The van der Waals surface area contributed by atoms with E-state index < -0.39 is 0 Å². The van der Waals surface area contributed by atoms with Crippen LogP contribution in [0.5, 0.6) is 11.5 Å². The number of aryl methyl sites for hydroxylation is 1. The third-order valence-corrected chi connectivity index (χ3v) is 2.87. The van der Waals surface area contributed by atoms with Gasteiger partial charge in [-0.25, -0.2) is 0 Å². The Kier molecular flexibility index (Phi) is 4.80. The number of aromatic nitrogens is 2. The number of benzene rings is 1. The predicted molar refractivity (Wildman–Crippen MR) is 73.2 cm³/mol. The predicted octanol–water partition coefficient (Wildman–Crippen LogP) is 1.78. The summed E-state index contributed by atoms with van der Waals surface area (Å²) < 4.78 is 6.92. The van der Waals surface area contributed by atoms with Gasteiger partial charge in [0.05, 0.1) is 7.11 Å². The summed E-state index contributed by atoms with van der Waals surface area (Å²) in [5.74, 6) is 0.681. The first-order valence-electron chi connectivity index (χ1n) is 6.33. The van der Waals surface area contributed by atoms with E-state index in [-0.39, 0.29) is 5.75 Å². The molecule has 5 nitrogen and oxygen atoms in total. The highest BCUT2D eigenvalue weighted by Gasteiger charge is 2.01. The average molecular weight is 261 g/mol. The minimum atomic E-state index is 0.179. The number of phenolic OH excluding ortho intramolecular Hbond substituents is 1. The summed E-state index contributed by atoms with van der Waals surface area (Å²) in [6.45, 7) is 2.55. The van der Waals surface area contributed by atoms with E-state index in [2.05, 4.69) is 10.4 Å². The molecule has 0 unspecified atom stereocenters. The number of methoxy groups -OCH3 is 1. The molecule has 1 aromatic heterocycles. The van der Waals surface area contributed by atoms with Crippen molar-refractivity contribution in [1.29, 1.82) is 0 Å². The van der Waals surface area contributed by atoms with Crippen molar-refractivity contribution >= 4 is 0 Å². The Morgan fingerprint density at radius 2 is 2.32 bits per heavy atom. The van der Waals surface area contributed by atoms with Crippen molar-refractivity contribution in [2.24, 2.45) is 0 Å². The molecular formula is C14H19N3O2. The van der Waals surface area contributed by atoms with E-state index in [9.17, 15) is 5.11 Å². The summed E-state index contributed by atoms with van der Waals surface area (Å²) in [6, 6.07) is 7.36. The third-order valence-electron chi connectivity index (χ3n) is 2.87. The fourth-order valence-corrected chi connectivity index (χ4v) is 1.88. The summed E-state index contributed by atoms with van der Waals surface area (Å²) in [6.07, 6.45) is 4.76. The van der Waals surface area contributed by atoms with E-state index in [0.29, 0.717) is 5.75 Å². The van der Waals surface area contributed by atoms with Gasteiger partial charge in [-0.1, -0.05) is 6.07 Å². The molecule has 0 amide bonds. The van der Waals surface area contributed by atoms with Gasteiger partial charge in [0.2, 0.25) is 0 Å². The van der Waals surface area contributed by atoms with Crippen LogP contribution in [0.25, 0.3) is 0 Å². The fourth-order valence-electron chi connectivity index (χ4n) is 1.88. The van der Waals surface area contributed by atoms with Gasteiger partial charge in [-0.15, -0.1) is 0 Å². The number of aromatic hydroxyl groups is 1. The topological polar surface area (TPSA) is 59.3 Å². The van der Waals surface area contributed by atoms with Gasteiger partial charge in [0, 0.05) is 25.5 Å². The summed E-state index contributed by atoms with van der Waals surface area (Å²) in [4.78, 5) is 0. The Hall–Kier alpha value is -2.01. The minimum Gasteiger partial charge on any atom is -0.504 e. The average Bonchev–Trinajstić information content (AvgIpc) is 2.92. The van der Waals surface area contributed by atoms with Crippen molar-refractivity contribution in [2.75, 3.05) is 13.7 Å². The van der Waals surface area contributed by atoms with Gasteiger partial charge in [0.25, 0.3) is 0 Å². The van der Waals surface area contributed by atoms with Gasteiger partial charge in [0.1, 0.15) is 0 Å². The molecule has 0 radical (unpaired) electrons. The lowest BCUT2D eigenvalue weighted by Gasteiger charge is -2.08. The largest absolute Gasteiger partial charge is 0.504 e. The molecule has 0 saturated heterocycles. The monoisotopic (exact) mass is 261 g/mol. The van der Waals surface area contributed by atoms with Gasteiger partial charge in [0.15, 0.2) is 11.5 Å². The third kappa shape index (κ3) is 3.99. The zero-order chi connectivity index (χ0) is 13.5. The van der Waals surface area contributed by atoms with Crippen LogP contribution >= 0.6 is 0 Å². The van der Waals surface area contributed by atoms with Crippen molar-refractivity contribution in [3.8, 4) is 11.5 Å². The highest BCUT2D eigenvalue weighted by Crippen LogP contribution is 2.25. The van der Waals surface area contributed by atoms with Crippen molar-refractivity contribution in [3.63, 3.8) is 0 Å². The van der Waals surface area contributed by atoms with Crippen LogP contribution in [-0.2, 0) is 13.1 Å². The van der Waals surface area contributed by atoms with E-state index in [0.717, 1.165) is 31.6 Å². The molecule has 2 aromatic rings. The normalized spacial score (nSPS) is 10.6. The van der Waals surface area contributed by atoms with Gasteiger partial charge >= 0.3 is 0 Å². The van der Waals surface area contributed by atoms with E-state index in [4.69, 9.17) is 4.74 Å². The molecule has 0 spiro atoms. The molecule has 0 aliphatic rings. The number of ether oxygens (including phenoxy) is 1. The first kappa shape index (κ1) is 13.4. The van der Waals surface area contributed by atoms with Gasteiger partial charge < -0.3 is 15.2 Å². The SMILES string of the molecule is COc1ccc(CNCCCn2cccn2)cc1O. The van der Waals surface area contributed by atoms with Gasteiger partial charge in [-0.2, -0.15) is 5.10 Å². The Morgan fingerprint density at radius 1 is 1.42 bits per heavy atom. The second kappa shape index (κ2) is 6.80. The van der Waals surface area contributed by atoms with Crippen molar-refractivity contribution in [3.05, 3.63) is 42.2 Å². The number of nitrogens with zero attached hydrogens (tertiary/aromatic N) is 2. The molecule has 0 bridgehead atoms. The number of hydrogen-bond acceptors (Lipinski definition) is 4. The van der Waals surface area contributed by atoms with Crippen LogP contribution in [-0.4, -0.2) is 28.5 Å². The number of nitrogens with one attached hydrogen (secondary N) is 1. The Bertz CT molecular complexity index is 497. The fraction of sp³-hybridized carbons (Fsp3) is 0.357. The van der Waals surface area contributed by atoms with Crippen LogP contribution in [0, 0.1) is 0 Å². The molecule has 19 heavy (non-hydrogen) atoms. The molecule has 2 N–H and O–H groups in total. The maximum atomic E-state index is 9.65. The zero-order valence-corrected chi connectivity index (χ0v) is 11.0. The van der Waals surface area contributed by atoms with E-state index >= 15 is 0 Å². The maximum absolute atomic E-state index is 9.65. The van der Waals surface area contributed by atoms with Crippen LogP contribution in [0.15, 0.2) is 36.7 Å². The van der Waals surface area contributed by atoms with Gasteiger partial charge in [-0.3, -0.25) is 4.68 Å². The molecule has 0 saturated carbocycles. The Balaban J connectivity index is 1.69. The molecular weight excluding hydrogens is 242 g/mol. The molecule has 0 atom stereocenters. The lowest BCUT2D eigenvalue weighted by molar-refractivity contribution is 0.373. The first-order valence-corrected chi connectivity index (χ1v) is 6.33. The van der Waals surface area contributed by atoms with Crippen LogP contribution < -0.4 is 10.1 Å². The summed E-state index contributed by atoms with van der Waals surface area (Å²) in [7, 11) is 1.54. The molecule has 102 valence electrons. The second-order valence-corrected chi connectivity index (χ2v) is 4.31. The number of hydrogen-bond donors (Lipinski definition) is 2. The lowest BCUT2D eigenvalue weighted by atomic mass is 10.2. The van der Waals surface area contributed by atoms with Crippen LogP contribution in [0.3, 0.4) is 0 Å². The lowest BCUT2D eigenvalue weighted by Crippen LogP contribution is -2.16. The van der Waals surface area contributed by atoms with E-state index in [1.165, 1.54) is 0 Å². The van der Waals surface area contributed by atoms with Gasteiger partial charge in [-0.05, 0) is 36.7 Å². The minimum absolute atomic E-state index is 0.179. The Labute approximate surface area is 112 Å². The highest BCUT2D eigenvalue weighted by molar-refractivity contribution is 5.41. The van der Waals surface area contributed by atoms with Crippen molar-refractivity contribution < 1.29 is 9.84 Å². The molecule has 0 fully saturated rings. The first-order chi connectivity index (χ1) is 9.29. The molecule has 1 aromatic carbocycles. The number of rotatable bonds is 7. The maximum Gasteiger partial charge on any atom is 0.160 e. The summed E-state index contributed by atoms with van der Waals surface area (Å²) >= 11 is 0.